The second kappa shape index (κ2) is 12.4. The molecular weight excluding hydrogens is 615 g/mol. The number of hydrogen-bond acceptors (Lipinski definition) is 6. The molecule has 0 fully saturated rings. The SMILES string of the molecule is CCOC(=O)C1=C(c2ccccc2)N=c2s/c(=C\c3ccc(-c4ccc(Cl)c(Cl)c4)o3)c(=O)n2C1c1ccc(C(C)C)cc1. The molecule has 6 rings (SSSR count). The zero-order valence-corrected chi connectivity index (χ0v) is 26.5. The highest BCUT2D eigenvalue weighted by atomic mass is 35.5. The first-order valence-electron chi connectivity index (χ1n) is 14.2. The smallest absolute Gasteiger partial charge is 0.338 e. The fourth-order valence-electron chi connectivity index (χ4n) is 5.18. The minimum absolute atomic E-state index is 0.188. The molecule has 1 unspecified atom stereocenters. The van der Waals surface area contributed by atoms with E-state index in [1.807, 2.05) is 66.7 Å². The van der Waals surface area contributed by atoms with E-state index in [-0.39, 0.29) is 12.2 Å². The Hall–Kier alpha value is -4.17. The highest BCUT2D eigenvalue weighted by molar-refractivity contribution is 7.07. The monoisotopic (exact) mass is 642 g/mol. The van der Waals surface area contributed by atoms with E-state index in [0.29, 0.717) is 48.1 Å². The number of thiazole rings is 1. The van der Waals surface area contributed by atoms with E-state index in [9.17, 15) is 9.59 Å². The van der Waals surface area contributed by atoms with Gasteiger partial charge in [-0.1, -0.05) is 103 Å². The van der Waals surface area contributed by atoms with Crippen LogP contribution >= 0.6 is 34.5 Å². The number of nitrogens with zero attached hydrogens (tertiary/aromatic N) is 2. The minimum atomic E-state index is -0.743. The molecule has 9 heteroatoms. The Morgan fingerprint density at radius 3 is 2.43 bits per heavy atom. The van der Waals surface area contributed by atoms with E-state index >= 15 is 0 Å². The van der Waals surface area contributed by atoms with Gasteiger partial charge >= 0.3 is 5.97 Å². The summed E-state index contributed by atoms with van der Waals surface area (Å²) in [5.74, 6) is 0.886. The van der Waals surface area contributed by atoms with Crippen LogP contribution in [-0.4, -0.2) is 17.1 Å². The van der Waals surface area contributed by atoms with Crippen LogP contribution in [0.1, 0.15) is 55.2 Å². The van der Waals surface area contributed by atoms with E-state index in [0.717, 1.165) is 22.3 Å². The molecule has 6 nitrogen and oxygen atoms in total. The summed E-state index contributed by atoms with van der Waals surface area (Å²) in [6, 6.07) is 25.6. The second-order valence-corrected chi connectivity index (χ2v) is 12.4. The maximum atomic E-state index is 14.1. The molecule has 1 aliphatic rings. The number of ether oxygens (including phenoxy) is 1. The molecule has 0 saturated heterocycles. The Kier molecular flexibility index (Phi) is 8.45. The van der Waals surface area contributed by atoms with Gasteiger partial charge in [-0.15, -0.1) is 0 Å². The zero-order chi connectivity index (χ0) is 31.0. The highest BCUT2D eigenvalue weighted by Gasteiger charge is 2.35. The molecule has 0 spiro atoms. The average Bonchev–Trinajstić information content (AvgIpc) is 3.62. The molecule has 5 aromatic rings. The van der Waals surface area contributed by atoms with Crippen LogP contribution in [-0.2, 0) is 9.53 Å². The normalized spacial score (nSPS) is 15.0. The lowest BCUT2D eigenvalue weighted by atomic mass is 9.91. The van der Waals surface area contributed by atoms with Gasteiger partial charge < -0.3 is 9.15 Å². The summed E-state index contributed by atoms with van der Waals surface area (Å²) in [4.78, 5) is 33.2. The van der Waals surface area contributed by atoms with E-state index in [2.05, 4.69) is 13.8 Å². The predicted molar refractivity (Wildman–Crippen MR) is 176 cm³/mol. The van der Waals surface area contributed by atoms with Gasteiger partial charge in [0.15, 0.2) is 4.80 Å². The summed E-state index contributed by atoms with van der Waals surface area (Å²) >= 11 is 13.5. The fraction of sp³-hybridized carbons (Fsp3) is 0.171. The quantitative estimate of drug-likeness (QED) is 0.171. The van der Waals surface area contributed by atoms with Crippen molar-refractivity contribution in [2.75, 3.05) is 6.61 Å². The highest BCUT2D eigenvalue weighted by Crippen LogP contribution is 2.36. The van der Waals surface area contributed by atoms with Gasteiger partial charge in [-0.25, -0.2) is 9.79 Å². The molecule has 2 aromatic heterocycles. The number of benzene rings is 3. The topological polar surface area (TPSA) is 73.8 Å². The zero-order valence-electron chi connectivity index (χ0n) is 24.2. The van der Waals surface area contributed by atoms with Gasteiger partial charge in [0.1, 0.15) is 11.5 Å². The standard InChI is InChI=1S/C35H28Cl2N2O4S/c1-4-42-34(41)30-31(22-8-6-5-7-9-22)38-35-39(32(30)23-12-10-21(11-13-23)20(2)3)33(40)29(44-35)19-25-15-17-28(43-25)24-14-16-26(36)27(37)18-24/h5-20,32H,4H2,1-3H3/b29-19-. The van der Waals surface area contributed by atoms with Gasteiger partial charge in [0, 0.05) is 17.2 Å². The molecule has 0 N–H and O–H groups in total. The van der Waals surface area contributed by atoms with Crippen LogP contribution in [0.25, 0.3) is 23.1 Å². The number of halogens is 2. The summed E-state index contributed by atoms with van der Waals surface area (Å²) in [5.41, 5.74) is 3.97. The fourth-order valence-corrected chi connectivity index (χ4v) is 6.46. The average molecular weight is 644 g/mol. The lowest BCUT2D eigenvalue weighted by molar-refractivity contribution is -0.138. The van der Waals surface area contributed by atoms with Crippen LogP contribution in [0.5, 0.6) is 0 Å². The first-order valence-corrected chi connectivity index (χ1v) is 15.8. The number of hydrogen-bond donors (Lipinski definition) is 0. The maximum Gasteiger partial charge on any atom is 0.338 e. The van der Waals surface area contributed by atoms with Crippen molar-refractivity contribution < 1.29 is 13.9 Å². The number of esters is 1. The number of carbonyl (C=O) groups is 1. The molecule has 0 bridgehead atoms. The lowest BCUT2D eigenvalue weighted by Gasteiger charge is -2.26. The summed E-state index contributed by atoms with van der Waals surface area (Å²) in [7, 11) is 0. The van der Waals surface area contributed by atoms with Gasteiger partial charge in [0.25, 0.3) is 5.56 Å². The third-order valence-corrected chi connectivity index (χ3v) is 9.12. The Balaban J connectivity index is 1.55. The maximum absolute atomic E-state index is 14.1. The molecular formula is C35H28Cl2N2O4S. The lowest BCUT2D eigenvalue weighted by Crippen LogP contribution is -2.40. The molecule has 3 heterocycles. The number of aromatic nitrogens is 1. The van der Waals surface area contributed by atoms with E-state index in [1.165, 1.54) is 11.3 Å². The summed E-state index contributed by atoms with van der Waals surface area (Å²) in [5, 5.41) is 0.872. The van der Waals surface area contributed by atoms with Crippen LogP contribution in [0.15, 0.2) is 105 Å². The molecule has 0 saturated carbocycles. The first kappa shape index (κ1) is 29.9. The first-order chi connectivity index (χ1) is 21.2. The molecule has 0 amide bonds. The van der Waals surface area contributed by atoms with Crippen molar-refractivity contribution in [1.29, 1.82) is 0 Å². The summed E-state index contributed by atoms with van der Waals surface area (Å²) in [6.07, 6.45) is 1.69. The second-order valence-electron chi connectivity index (χ2n) is 10.6. The van der Waals surface area contributed by atoms with Crippen molar-refractivity contribution >= 4 is 52.3 Å². The van der Waals surface area contributed by atoms with Crippen molar-refractivity contribution in [1.82, 2.24) is 4.57 Å². The van der Waals surface area contributed by atoms with Crippen molar-refractivity contribution in [3.63, 3.8) is 0 Å². The predicted octanol–water partition coefficient (Wildman–Crippen LogP) is 7.63. The molecule has 0 aliphatic carbocycles. The van der Waals surface area contributed by atoms with E-state index < -0.39 is 12.0 Å². The number of furan rings is 1. The van der Waals surface area contributed by atoms with Gasteiger partial charge in [-0.3, -0.25) is 9.36 Å². The molecule has 222 valence electrons. The Morgan fingerprint density at radius 1 is 1.00 bits per heavy atom. The third-order valence-electron chi connectivity index (χ3n) is 7.40. The number of carbonyl (C=O) groups excluding carboxylic acids is 1. The van der Waals surface area contributed by atoms with Crippen LogP contribution in [0.3, 0.4) is 0 Å². The summed E-state index contributed by atoms with van der Waals surface area (Å²) in [6.45, 7) is 6.19. The Bertz CT molecular complexity index is 2070. The van der Waals surface area contributed by atoms with Crippen LogP contribution in [0.2, 0.25) is 10.0 Å². The van der Waals surface area contributed by atoms with Crippen LogP contribution in [0.4, 0.5) is 0 Å². The van der Waals surface area contributed by atoms with E-state index in [4.69, 9.17) is 37.3 Å². The van der Waals surface area contributed by atoms with E-state index in [1.54, 1.807) is 35.8 Å². The van der Waals surface area contributed by atoms with Gasteiger partial charge in [0.05, 0.1) is 38.5 Å². The van der Waals surface area contributed by atoms with Gasteiger partial charge in [-0.05, 0) is 54.3 Å². The molecule has 3 aromatic carbocycles. The number of rotatable bonds is 7. The largest absolute Gasteiger partial charge is 0.463 e. The summed E-state index contributed by atoms with van der Waals surface area (Å²) < 4.78 is 13.6. The van der Waals surface area contributed by atoms with Crippen molar-refractivity contribution in [3.8, 4) is 11.3 Å². The molecule has 44 heavy (non-hydrogen) atoms. The minimum Gasteiger partial charge on any atom is -0.463 e. The van der Waals surface area contributed by atoms with Gasteiger partial charge in [0.2, 0.25) is 0 Å². The van der Waals surface area contributed by atoms with Gasteiger partial charge in [-0.2, -0.15) is 0 Å². The third kappa shape index (κ3) is 5.71. The van der Waals surface area contributed by atoms with Crippen molar-refractivity contribution in [2.45, 2.75) is 32.7 Å². The van der Waals surface area contributed by atoms with Crippen LogP contribution < -0.4 is 14.9 Å². The Morgan fingerprint density at radius 2 is 1.75 bits per heavy atom. The Labute approximate surface area is 268 Å². The van der Waals surface area contributed by atoms with Crippen molar-refractivity contribution in [2.24, 2.45) is 4.99 Å². The molecule has 1 atom stereocenters. The van der Waals surface area contributed by atoms with Crippen LogP contribution in [0, 0.1) is 0 Å². The van der Waals surface area contributed by atoms with Crippen molar-refractivity contribution in [3.05, 3.63) is 143 Å². The molecule has 0 radical (unpaired) electrons. The molecule has 1 aliphatic heterocycles. The number of fused-ring (bicyclic) bond motifs is 1.